The van der Waals surface area contributed by atoms with E-state index in [2.05, 4.69) is 0 Å². The van der Waals surface area contributed by atoms with Crippen LogP contribution in [0.2, 0.25) is 0 Å². The summed E-state index contributed by atoms with van der Waals surface area (Å²) >= 11 is 0. The summed E-state index contributed by atoms with van der Waals surface area (Å²) in [4.78, 5) is 0. The Kier molecular flexibility index (Phi) is 1.56. The second-order valence-electron chi connectivity index (χ2n) is 1.48. The van der Waals surface area contributed by atoms with Gasteiger partial charge < -0.3 is 0 Å². The summed E-state index contributed by atoms with van der Waals surface area (Å²) in [5.74, 6) is 0. The Hall–Kier alpha value is -0.390. The molecular weight excluding hydrogens is 158 g/mol. The van der Waals surface area contributed by atoms with Crippen molar-refractivity contribution < 1.29 is 8.42 Å². The van der Waals surface area contributed by atoms with Gasteiger partial charge in [0, 0.05) is 0 Å². The van der Waals surface area contributed by atoms with Crippen molar-refractivity contribution in [3.8, 4) is 0 Å². The highest BCUT2D eigenvalue weighted by atomic mass is 33.2. The van der Waals surface area contributed by atoms with E-state index in [0.717, 1.165) is 0 Å². The van der Waals surface area contributed by atoms with E-state index in [0.29, 0.717) is 0 Å². The molecule has 0 fully saturated rings. The fraction of sp³-hybridized carbons (Fsp3) is 0. The molecule has 0 atom stereocenters. The predicted octanol–water partition coefficient (Wildman–Crippen LogP) is 0.487. The number of thiophene rings is 1. The third kappa shape index (κ3) is 1.51. The molecule has 1 aromatic heterocycles. The Balaban J connectivity index is 3.20. The average molecular weight is 164 g/mol. The van der Waals surface area contributed by atoms with Gasteiger partial charge in [0.2, 0.25) is 0 Å². The normalized spacial score (nSPS) is 11.7. The molecule has 9 heavy (non-hydrogen) atoms. The predicted molar refractivity (Wildman–Crippen MR) is 37.4 cm³/mol. The number of hydrogen-bond acceptors (Lipinski definition) is 2. The van der Waals surface area contributed by atoms with Crippen molar-refractivity contribution in [2.45, 2.75) is 0 Å². The first-order chi connectivity index (χ1) is 4.11. The maximum absolute atomic E-state index is 10.5. The monoisotopic (exact) mass is 164 g/mol. The molecule has 1 heterocycles. The Morgan fingerprint density at radius 2 is 1.67 bits per heavy atom. The van der Waals surface area contributed by atoms with Crippen molar-refractivity contribution in [2.24, 2.45) is 5.14 Å². The van der Waals surface area contributed by atoms with E-state index in [4.69, 9.17) is 5.14 Å². The van der Waals surface area contributed by atoms with Crippen LogP contribution in [0.25, 0.3) is 0 Å². The van der Waals surface area contributed by atoms with E-state index in [1.807, 2.05) is 0 Å². The smallest absolute Gasteiger partial charge is 0.183 e. The van der Waals surface area contributed by atoms with E-state index in [-0.39, 0.29) is 0 Å². The molecule has 50 valence electrons. The Bertz CT molecular complexity index is 274. The number of hydrogen-bond donors (Lipinski definition) is 1. The molecule has 0 amide bonds. The van der Waals surface area contributed by atoms with Gasteiger partial charge >= 0.3 is 9.06 Å². The van der Waals surface area contributed by atoms with Crippen LogP contribution in [-0.2, 0) is 9.06 Å². The number of nitrogens with two attached hydrogens (primary N) is 1. The zero-order valence-corrected chi connectivity index (χ0v) is 6.15. The van der Waals surface area contributed by atoms with Crippen LogP contribution in [0.3, 0.4) is 0 Å². The molecule has 0 saturated heterocycles. The zero-order chi connectivity index (χ0) is 6.91. The van der Waals surface area contributed by atoms with Gasteiger partial charge in [-0.3, -0.25) is 0 Å². The minimum atomic E-state index is -3.35. The lowest BCUT2D eigenvalue weighted by atomic mass is 10.7. The SMILES string of the molecule is NS(=O)(=O)[s+]1cccc1. The lowest BCUT2D eigenvalue weighted by Gasteiger charge is -1.77. The summed E-state index contributed by atoms with van der Waals surface area (Å²) in [7, 11) is -4.20. The van der Waals surface area contributed by atoms with Gasteiger partial charge in [0.15, 0.2) is 10.8 Å². The first-order valence-corrected chi connectivity index (χ1v) is 5.62. The fourth-order valence-electron chi connectivity index (χ4n) is 0.446. The highest BCUT2D eigenvalue weighted by Gasteiger charge is 2.15. The summed E-state index contributed by atoms with van der Waals surface area (Å²) in [6.45, 7) is 0. The standard InChI is InChI=1S/C4H6NO2S2/c5-9(6,7)8-3-1-2-4-8/h1-4H,(H2,5,6,7)/q+1. The molecule has 0 spiro atoms. The van der Waals surface area contributed by atoms with Gasteiger partial charge in [-0.15, -0.1) is 0 Å². The van der Waals surface area contributed by atoms with Crippen LogP contribution in [0.1, 0.15) is 0 Å². The van der Waals surface area contributed by atoms with Crippen LogP contribution >= 0.6 is 9.50 Å². The molecular formula is C4H6NO2S2+. The molecule has 0 aliphatic heterocycles. The molecule has 0 radical (unpaired) electrons. The Labute approximate surface area is 55.5 Å². The topological polar surface area (TPSA) is 60.2 Å². The highest BCUT2D eigenvalue weighted by molar-refractivity contribution is 8.37. The summed E-state index contributed by atoms with van der Waals surface area (Å²) < 4.78 is 21.0. The first-order valence-electron chi connectivity index (χ1n) is 2.21. The molecule has 0 aromatic carbocycles. The van der Waals surface area contributed by atoms with E-state index < -0.39 is 18.6 Å². The van der Waals surface area contributed by atoms with Gasteiger partial charge in [-0.05, 0) is 12.1 Å². The summed E-state index contributed by atoms with van der Waals surface area (Å²) in [6.07, 6.45) is 0. The van der Waals surface area contributed by atoms with Crippen LogP contribution in [0.5, 0.6) is 0 Å². The number of rotatable bonds is 1. The van der Waals surface area contributed by atoms with E-state index in [9.17, 15) is 8.42 Å². The van der Waals surface area contributed by atoms with Crippen molar-refractivity contribution in [1.29, 1.82) is 0 Å². The molecule has 1 rings (SSSR count). The highest BCUT2D eigenvalue weighted by Crippen LogP contribution is 2.20. The van der Waals surface area contributed by atoms with Crippen LogP contribution < -0.4 is 5.14 Å². The summed E-state index contributed by atoms with van der Waals surface area (Å²) in [5, 5.41) is 7.95. The first kappa shape index (κ1) is 6.73. The van der Waals surface area contributed by atoms with E-state index in [1.54, 1.807) is 22.9 Å². The molecule has 0 aliphatic rings. The molecule has 1 aromatic rings. The quantitative estimate of drug-likeness (QED) is 0.485. The summed E-state index contributed by atoms with van der Waals surface area (Å²) in [5.41, 5.74) is 0. The summed E-state index contributed by atoms with van der Waals surface area (Å²) in [6, 6.07) is 3.35. The minimum absolute atomic E-state index is 0.856. The molecule has 2 N–H and O–H groups in total. The van der Waals surface area contributed by atoms with Crippen molar-refractivity contribution in [2.75, 3.05) is 0 Å². The maximum atomic E-state index is 10.5. The molecule has 3 nitrogen and oxygen atoms in total. The lowest BCUT2D eigenvalue weighted by molar-refractivity contribution is 0.611. The molecule has 0 unspecified atom stereocenters. The van der Waals surface area contributed by atoms with Gasteiger partial charge in [-0.2, -0.15) is 13.6 Å². The van der Waals surface area contributed by atoms with E-state index in [1.165, 1.54) is 0 Å². The Morgan fingerprint density at radius 3 is 1.89 bits per heavy atom. The molecule has 0 saturated carbocycles. The van der Waals surface area contributed by atoms with Gasteiger partial charge in [-0.25, -0.2) is 0 Å². The van der Waals surface area contributed by atoms with Crippen molar-refractivity contribution in [1.82, 2.24) is 0 Å². The molecule has 0 bridgehead atoms. The van der Waals surface area contributed by atoms with Crippen LogP contribution in [0, 0.1) is 0 Å². The minimum Gasteiger partial charge on any atom is -0.183 e. The molecule has 5 heteroatoms. The molecule has 0 aliphatic carbocycles. The third-order valence-corrected chi connectivity index (χ3v) is 4.47. The van der Waals surface area contributed by atoms with Gasteiger partial charge in [0.1, 0.15) is 9.50 Å². The second-order valence-corrected chi connectivity index (χ2v) is 6.21. The Morgan fingerprint density at radius 1 is 1.22 bits per heavy atom. The van der Waals surface area contributed by atoms with E-state index >= 15 is 0 Å². The lowest BCUT2D eigenvalue weighted by Crippen LogP contribution is -2.05. The largest absolute Gasteiger partial charge is 0.406 e. The van der Waals surface area contributed by atoms with Crippen LogP contribution in [0.4, 0.5) is 0 Å². The van der Waals surface area contributed by atoms with Gasteiger partial charge in [-0.1, -0.05) is 0 Å². The van der Waals surface area contributed by atoms with Crippen LogP contribution in [-0.4, -0.2) is 8.42 Å². The maximum Gasteiger partial charge on any atom is 0.406 e. The zero-order valence-electron chi connectivity index (χ0n) is 4.52. The van der Waals surface area contributed by atoms with Crippen molar-refractivity contribution >= 4 is 18.6 Å². The van der Waals surface area contributed by atoms with Gasteiger partial charge in [0.25, 0.3) is 0 Å². The van der Waals surface area contributed by atoms with Crippen LogP contribution in [0.15, 0.2) is 22.9 Å². The average Bonchev–Trinajstić information content (AvgIpc) is 2.08. The fourth-order valence-corrected chi connectivity index (χ4v) is 2.65. The van der Waals surface area contributed by atoms with Crippen molar-refractivity contribution in [3.63, 3.8) is 0 Å². The van der Waals surface area contributed by atoms with Crippen molar-refractivity contribution in [3.05, 3.63) is 22.9 Å². The van der Waals surface area contributed by atoms with Gasteiger partial charge in [0.05, 0.1) is 0 Å². The second kappa shape index (κ2) is 2.09. The third-order valence-electron chi connectivity index (χ3n) is 0.805.